The Hall–Kier alpha value is -2.37. The van der Waals surface area contributed by atoms with Crippen molar-refractivity contribution in [2.45, 2.75) is 54.8 Å². The van der Waals surface area contributed by atoms with Gasteiger partial charge in [-0.3, -0.25) is 0 Å². The summed E-state index contributed by atoms with van der Waals surface area (Å²) in [6, 6.07) is 4.36. The highest BCUT2D eigenvalue weighted by molar-refractivity contribution is 5.87. The van der Waals surface area contributed by atoms with Gasteiger partial charge < -0.3 is 64.5 Å². The molecule has 8 N–H and O–H groups in total. The monoisotopic (exact) mass is 518 g/mol. The molecule has 2 heterocycles. The molecule has 0 spiro atoms. The third kappa shape index (κ3) is 5.78. The van der Waals surface area contributed by atoms with E-state index in [4.69, 9.17) is 23.7 Å². The van der Waals surface area contributed by atoms with Crippen molar-refractivity contribution >= 4 is 12.0 Å². The molecule has 2 aliphatic rings. The van der Waals surface area contributed by atoms with Gasteiger partial charge >= 0.3 is 5.97 Å². The third-order valence-electron chi connectivity index (χ3n) is 5.90. The molecule has 1 aromatic rings. The summed E-state index contributed by atoms with van der Waals surface area (Å²) >= 11 is 0. The molecule has 0 aliphatic carbocycles. The number of carbonyl (C=O) groups is 1. The molecule has 3 rings (SSSR count). The predicted molar refractivity (Wildman–Crippen MR) is 116 cm³/mol. The van der Waals surface area contributed by atoms with E-state index in [0.717, 1.165) is 6.08 Å². The summed E-state index contributed by atoms with van der Waals surface area (Å²) in [5, 5.41) is 79.6. The lowest BCUT2D eigenvalue weighted by Gasteiger charge is -2.43. The summed E-state index contributed by atoms with van der Waals surface area (Å²) in [5.74, 6) is -3.07. The number of phenols is 1. The molecule has 0 radical (unpaired) electrons. The minimum Gasteiger partial charge on any atom is -0.504 e. The minimum absolute atomic E-state index is 0.0851. The van der Waals surface area contributed by atoms with Gasteiger partial charge in [0.15, 0.2) is 17.8 Å². The fourth-order valence-electron chi connectivity index (χ4n) is 3.79. The van der Waals surface area contributed by atoms with Crippen LogP contribution in [0, 0.1) is 0 Å². The van der Waals surface area contributed by atoms with Crippen molar-refractivity contribution in [2.24, 2.45) is 0 Å². The molecule has 2 saturated heterocycles. The third-order valence-corrected chi connectivity index (χ3v) is 5.90. The lowest BCUT2D eigenvalue weighted by Crippen LogP contribution is -2.62. The molecular weight excluding hydrogens is 488 g/mol. The number of ether oxygens (including phenoxy) is 5. The van der Waals surface area contributed by atoms with Crippen LogP contribution >= 0.6 is 0 Å². The molecule has 0 aromatic heterocycles. The maximum Gasteiger partial charge on any atom is 0.330 e. The first-order chi connectivity index (χ1) is 17.1. The lowest BCUT2D eigenvalue weighted by atomic mass is 9.99. The maximum atomic E-state index is 12.1. The second kappa shape index (κ2) is 11.8. The van der Waals surface area contributed by atoms with E-state index in [0.29, 0.717) is 5.56 Å². The standard InChI is InChI=1S/C22H30O14/c1-32-12-6-10(2-4-11(12)25)3-5-15(26)33-8-14-16(27)18(29)19(30)21(34-14)36-22(9-24)20(31)17(28)13(7-23)35-22/h2-6,13-14,16-21,23-25,27-31H,7-9H2,1H3/t13-,14-,16-,17+,18-,19-,20+,21-,22-/m0/s1. The van der Waals surface area contributed by atoms with Crippen LogP contribution in [0.25, 0.3) is 6.08 Å². The summed E-state index contributed by atoms with van der Waals surface area (Å²) in [4.78, 5) is 12.1. The molecular formula is C22H30O14. The van der Waals surface area contributed by atoms with Crippen LogP contribution in [0.3, 0.4) is 0 Å². The van der Waals surface area contributed by atoms with Crippen molar-refractivity contribution in [3.8, 4) is 11.5 Å². The highest BCUT2D eigenvalue weighted by Gasteiger charge is 2.58. The maximum absolute atomic E-state index is 12.1. The van der Waals surface area contributed by atoms with Crippen LogP contribution in [0.4, 0.5) is 0 Å². The van der Waals surface area contributed by atoms with E-state index in [-0.39, 0.29) is 11.5 Å². The Morgan fingerprint density at radius 2 is 1.78 bits per heavy atom. The van der Waals surface area contributed by atoms with Crippen molar-refractivity contribution in [1.29, 1.82) is 0 Å². The zero-order valence-corrected chi connectivity index (χ0v) is 19.2. The number of aliphatic hydroxyl groups is 7. The molecule has 14 heteroatoms. The van der Waals surface area contributed by atoms with Crippen LogP contribution in [0.15, 0.2) is 24.3 Å². The topological polar surface area (TPSA) is 225 Å². The van der Waals surface area contributed by atoms with Gasteiger partial charge in [0.2, 0.25) is 5.79 Å². The van der Waals surface area contributed by atoms with Gasteiger partial charge in [-0.1, -0.05) is 6.07 Å². The van der Waals surface area contributed by atoms with Crippen molar-refractivity contribution in [2.75, 3.05) is 26.9 Å². The van der Waals surface area contributed by atoms with E-state index < -0.39 is 80.6 Å². The number of methoxy groups -OCH3 is 1. The highest BCUT2D eigenvalue weighted by Crippen LogP contribution is 2.36. The van der Waals surface area contributed by atoms with Crippen molar-refractivity contribution in [3.05, 3.63) is 29.8 Å². The number of hydrogen-bond acceptors (Lipinski definition) is 14. The number of aliphatic hydroxyl groups excluding tert-OH is 7. The van der Waals surface area contributed by atoms with Crippen molar-refractivity contribution in [1.82, 2.24) is 0 Å². The summed E-state index contributed by atoms with van der Waals surface area (Å²) in [6.45, 7) is -2.34. The van der Waals surface area contributed by atoms with Gasteiger partial charge in [0, 0.05) is 6.08 Å². The molecule has 36 heavy (non-hydrogen) atoms. The number of phenolic OH excluding ortho intramolecular Hbond substituents is 1. The van der Waals surface area contributed by atoms with E-state index in [1.807, 2.05) is 0 Å². The van der Waals surface area contributed by atoms with E-state index in [9.17, 15) is 45.6 Å². The van der Waals surface area contributed by atoms with Gasteiger partial charge in [0.05, 0.1) is 13.7 Å². The molecule has 0 amide bonds. The number of benzene rings is 1. The van der Waals surface area contributed by atoms with Gasteiger partial charge in [0.1, 0.15) is 55.9 Å². The zero-order valence-electron chi connectivity index (χ0n) is 19.2. The van der Waals surface area contributed by atoms with Crippen LogP contribution in [0.5, 0.6) is 11.5 Å². The summed E-state index contributed by atoms with van der Waals surface area (Å²) in [5.41, 5.74) is 0.510. The average Bonchev–Trinajstić information content (AvgIpc) is 3.12. The summed E-state index contributed by atoms with van der Waals surface area (Å²) < 4.78 is 26.0. The summed E-state index contributed by atoms with van der Waals surface area (Å²) in [7, 11) is 1.36. The van der Waals surface area contributed by atoms with E-state index >= 15 is 0 Å². The fraction of sp³-hybridized carbons (Fsp3) is 0.591. The molecule has 2 fully saturated rings. The van der Waals surface area contributed by atoms with Gasteiger partial charge in [-0.25, -0.2) is 4.79 Å². The van der Waals surface area contributed by atoms with Gasteiger partial charge in [-0.2, -0.15) is 0 Å². The molecule has 2 aliphatic heterocycles. The Morgan fingerprint density at radius 1 is 1.06 bits per heavy atom. The van der Waals surface area contributed by atoms with Gasteiger partial charge in [-0.15, -0.1) is 0 Å². The predicted octanol–water partition coefficient (Wildman–Crippen LogP) is -3.42. The second-order valence-electron chi connectivity index (χ2n) is 8.27. The van der Waals surface area contributed by atoms with Crippen LogP contribution in [-0.4, -0.2) is 129 Å². The fourth-order valence-corrected chi connectivity index (χ4v) is 3.79. The van der Waals surface area contributed by atoms with E-state index in [1.165, 1.54) is 31.4 Å². The van der Waals surface area contributed by atoms with Crippen molar-refractivity contribution in [3.63, 3.8) is 0 Å². The van der Waals surface area contributed by atoms with E-state index in [1.54, 1.807) is 0 Å². The Kier molecular flexibility index (Phi) is 9.23. The average molecular weight is 518 g/mol. The normalized spacial score (nSPS) is 36.8. The SMILES string of the molecule is COc1cc(C=CC(=O)OC[C@@H]2O[C@@H](O[C@]3(CO)O[C@@H](CO)[C@@H](O)[C@H]3O)[C@@H](O)[C@@H](O)[C@H]2O)ccc1O. The first-order valence-corrected chi connectivity index (χ1v) is 10.9. The lowest BCUT2D eigenvalue weighted by molar-refractivity contribution is -0.383. The second-order valence-corrected chi connectivity index (χ2v) is 8.27. The highest BCUT2D eigenvalue weighted by atomic mass is 16.8. The number of esters is 1. The van der Waals surface area contributed by atoms with Crippen LogP contribution < -0.4 is 4.74 Å². The van der Waals surface area contributed by atoms with Crippen LogP contribution in [0.2, 0.25) is 0 Å². The molecule has 9 atom stereocenters. The molecule has 14 nitrogen and oxygen atoms in total. The molecule has 1 aromatic carbocycles. The van der Waals surface area contributed by atoms with E-state index in [2.05, 4.69) is 0 Å². The number of rotatable bonds is 9. The first-order valence-electron chi connectivity index (χ1n) is 10.9. The Balaban J connectivity index is 1.64. The Labute approximate surface area is 205 Å². The smallest absolute Gasteiger partial charge is 0.330 e. The molecule has 0 unspecified atom stereocenters. The van der Waals surface area contributed by atoms with Gasteiger partial charge in [0.25, 0.3) is 0 Å². The van der Waals surface area contributed by atoms with Crippen LogP contribution in [-0.2, 0) is 23.7 Å². The quantitative estimate of drug-likeness (QED) is 0.118. The Morgan fingerprint density at radius 3 is 2.39 bits per heavy atom. The number of aromatic hydroxyl groups is 1. The van der Waals surface area contributed by atoms with Gasteiger partial charge in [-0.05, 0) is 23.8 Å². The minimum atomic E-state index is -2.32. The zero-order chi connectivity index (χ0) is 26.6. The molecule has 202 valence electrons. The first kappa shape index (κ1) is 28.2. The number of hydrogen-bond donors (Lipinski definition) is 8. The largest absolute Gasteiger partial charge is 0.504 e. The van der Waals surface area contributed by atoms with Crippen LogP contribution in [0.1, 0.15) is 5.56 Å². The summed E-state index contributed by atoms with van der Waals surface area (Å²) in [6.07, 6.45) is -11.1. The van der Waals surface area contributed by atoms with Crippen molar-refractivity contribution < 1.29 is 69.3 Å². The molecule has 0 bridgehead atoms. The molecule has 0 saturated carbocycles. The Bertz CT molecular complexity index is 924. The number of carbonyl (C=O) groups excluding carboxylic acids is 1.